The van der Waals surface area contributed by atoms with E-state index in [0.717, 1.165) is 38.0 Å². The van der Waals surface area contributed by atoms with Crippen LogP contribution < -0.4 is 0 Å². The largest absolute Gasteiger partial charge is 0.379 e. The molecule has 2 heterocycles. The summed E-state index contributed by atoms with van der Waals surface area (Å²) in [6.45, 7) is 8.98. The first-order valence-corrected chi connectivity index (χ1v) is 11.3. The van der Waals surface area contributed by atoms with Crippen molar-refractivity contribution in [3.05, 3.63) is 29.8 Å². The average molecular weight is 397 g/mol. The molecule has 6 nitrogen and oxygen atoms in total. The molecule has 2 fully saturated rings. The van der Waals surface area contributed by atoms with Gasteiger partial charge >= 0.3 is 0 Å². The maximum absolute atomic E-state index is 12.7. The number of benzene rings is 1. The molecule has 0 saturated carbocycles. The highest BCUT2D eigenvalue weighted by atomic mass is 32.2. The predicted octanol–water partition coefficient (Wildman–Crippen LogP) is 2.34. The van der Waals surface area contributed by atoms with Gasteiger partial charge in [-0.1, -0.05) is 26.0 Å². The van der Waals surface area contributed by atoms with E-state index in [1.165, 1.54) is 4.31 Å². The lowest BCUT2D eigenvalue weighted by Gasteiger charge is -2.44. The minimum Gasteiger partial charge on any atom is -0.379 e. The van der Waals surface area contributed by atoms with Crippen molar-refractivity contribution in [3.8, 4) is 0 Å². The number of ether oxygens (including phenoxy) is 2. The molecule has 0 aromatic heterocycles. The molecule has 7 heteroatoms. The van der Waals surface area contributed by atoms with Gasteiger partial charge in [0.1, 0.15) is 0 Å². The van der Waals surface area contributed by atoms with Gasteiger partial charge in [0.25, 0.3) is 0 Å². The highest BCUT2D eigenvalue weighted by Crippen LogP contribution is 2.32. The number of hydrogen-bond donors (Lipinski definition) is 0. The molecule has 1 unspecified atom stereocenters. The molecular formula is C20H32N2O4S. The van der Waals surface area contributed by atoms with E-state index in [9.17, 15) is 8.42 Å². The van der Waals surface area contributed by atoms with E-state index in [1.54, 1.807) is 12.1 Å². The third-order valence-electron chi connectivity index (χ3n) is 5.96. The Bertz CT molecular complexity index is 714. The summed E-state index contributed by atoms with van der Waals surface area (Å²) in [5.41, 5.74) is 1.05. The van der Waals surface area contributed by atoms with E-state index < -0.39 is 10.0 Å². The van der Waals surface area contributed by atoms with Crippen LogP contribution in [0.25, 0.3) is 0 Å². The predicted molar refractivity (Wildman–Crippen MR) is 105 cm³/mol. The Morgan fingerprint density at radius 3 is 2.41 bits per heavy atom. The molecule has 1 atom stereocenters. The summed E-state index contributed by atoms with van der Waals surface area (Å²) in [6, 6.07) is 7.34. The molecule has 2 aliphatic rings. The summed E-state index contributed by atoms with van der Waals surface area (Å²) in [7, 11) is -1.61. The van der Waals surface area contributed by atoms with Crippen LogP contribution in [0.3, 0.4) is 0 Å². The van der Waals surface area contributed by atoms with Crippen molar-refractivity contribution in [3.63, 3.8) is 0 Å². The van der Waals surface area contributed by atoms with Crippen LogP contribution in [-0.4, -0.2) is 69.7 Å². The SMILES string of the molecule is COC1(C(C)C)CCCN(Cc2ccc(S(=O)(=O)N3CCOCC3)cc2)C1. The summed E-state index contributed by atoms with van der Waals surface area (Å²) in [6.07, 6.45) is 2.21. The summed E-state index contributed by atoms with van der Waals surface area (Å²) in [4.78, 5) is 2.78. The number of rotatable bonds is 6. The average Bonchev–Trinajstić information content (AvgIpc) is 2.69. The third kappa shape index (κ3) is 4.54. The number of likely N-dealkylation sites (tertiary alicyclic amines) is 1. The van der Waals surface area contributed by atoms with E-state index in [-0.39, 0.29) is 5.60 Å². The Kier molecular flexibility index (Phi) is 6.58. The highest BCUT2D eigenvalue weighted by molar-refractivity contribution is 7.89. The van der Waals surface area contributed by atoms with Gasteiger partial charge in [-0.05, 0) is 43.0 Å². The van der Waals surface area contributed by atoms with Crippen LogP contribution in [0.15, 0.2) is 29.2 Å². The fourth-order valence-corrected chi connectivity index (χ4v) is 5.52. The first-order valence-electron chi connectivity index (χ1n) is 9.82. The maximum Gasteiger partial charge on any atom is 0.243 e. The van der Waals surface area contributed by atoms with E-state index in [0.29, 0.717) is 37.1 Å². The van der Waals surface area contributed by atoms with Gasteiger partial charge in [-0.25, -0.2) is 8.42 Å². The van der Waals surface area contributed by atoms with Crippen LogP contribution in [0.1, 0.15) is 32.3 Å². The minimum atomic E-state index is -3.43. The standard InChI is InChI=1S/C20H32N2O4S/c1-17(2)20(25-3)9-4-10-21(16-20)15-18-5-7-19(8-6-18)27(23,24)22-11-13-26-14-12-22/h5-8,17H,4,9-16H2,1-3H3. The number of hydrogen-bond acceptors (Lipinski definition) is 5. The van der Waals surface area contributed by atoms with Crippen molar-refractivity contribution in [1.29, 1.82) is 0 Å². The Morgan fingerprint density at radius 2 is 1.81 bits per heavy atom. The lowest BCUT2D eigenvalue weighted by atomic mass is 9.82. The van der Waals surface area contributed by atoms with Gasteiger partial charge in [0, 0.05) is 33.3 Å². The molecule has 1 aromatic rings. The molecule has 0 bridgehead atoms. The van der Waals surface area contributed by atoms with E-state index >= 15 is 0 Å². The zero-order valence-electron chi connectivity index (χ0n) is 16.7. The van der Waals surface area contributed by atoms with Gasteiger partial charge in [0.05, 0.1) is 23.7 Å². The smallest absolute Gasteiger partial charge is 0.243 e. The second-order valence-electron chi connectivity index (χ2n) is 7.90. The molecule has 2 saturated heterocycles. The normalized spacial score (nSPS) is 25.8. The summed E-state index contributed by atoms with van der Waals surface area (Å²) in [5, 5.41) is 0. The van der Waals surface area contributed by atoms with Crippen LogP contribution in [0.2, 0.25) is 0 Å². The number of piperidine rings is 1. The van der Waals surface area contributed by atoms with Crippen molar-refractivity contribution in [2.24, 2.45) is 5.92 Å². The van der Waals surface area contributed by atoms with Crippen LogP contribution >= 0.6 is 0 Å². The Balaban J connectivity index is 1.67. The fourth-order valence-electron chi connectivity index (χ4n) is 4.11. The van der Waals surface area contributed by atoms with Crippen molar-refractivity contribution in [2.75, 3.05) is 46.5 Å². The van der Waals surface area contributed by atoms with Gasteiger partial charge in [-0.3, -0.25) is 4.90 Å². The third-order valence-corrected chi connectivity index (χ3v) is 7.87. The lowest BCUT2D eigenvalue weighted by Crippen LogP contribution is -2.52. The second kappa shape index (κ2) is 8.57. The molecule has 27 heavy (non-hydrogen) atoms. The maximum atomic E-state index is 12.7. The van der Waals surface area contributed by atoms with E-state index in [1.807, 2.05) is 19.2 Å². The number of nitrogens with zero attached hydrogens (tertiary/aromatic N) is 2. The van der Waals surface area contributed by atoms with Crippen LogP contribution in [0, 0.1) is 5.92 Å². The van der Waals surface area contributed by atoms with Gasteiger partial charge in [0.15, 0.2) is 0 Å². The minimum absolute atomic E-state index is 0.0855. The summed E-state index contributed by atoms with van der Waals surface area (Å²) < 4.78 is 38.1. The molecule has 152 valence electrons. The molecule has 0 N–H and O–H groups in total. The van der Waals surface area contributed by atoms with Gasteiger partial charge in [-0.2, -0.15) is 4.31 Å². The monoisotopic (exact) mass is 396 g/mol. The molecule has 3 rings (SSSR count). The zero-order valence-corrected chi connectivity index (χ0v) is 17.5. The van der Waals surface area contributed by atoms with Crippen LogP contribution in [0.4, 0.5) is 0 Å². The summed E-state index contributed by atoms with van der Waals surface area (Å²) >= 11 is 0. The number of morpholine rings is 1. The number of sulfonamides is 1. The Labute approximate surface area is 163 Å². The zero-order chi connectivity index (χ0) is 19.5. The van der Waals surface area contributed by atoms with Gasteiger partial charge in [0.2, 0.25) is 10.0 Å². The number of methoxy groups -OCH3 is 1. The van der Waals surface area contributed by atoms with Crippen molar-refractivity contribution in [1.82, 2.24) is 9.21 Å². The van der Waals surface area contributed by atoms with Crippen molar-refractivity contribution < 1.29 is 17.9 Å². The topological polar surface area (TPSA) is 59.1 Å². The Morgan fingerprint density at radius 1 is 1.15 bits per heavy atom. The van der Waals surface area contributed by atoms with Crippen molar-refractivity contribution >= 4 is 10.0 Å². The second-order valence-corrected chi connectivity index (χ2v) is 9.84. The molecule has 0 spiro atoms. The lowest BCUT2D eigenvalue weighted by molar-refractivity contribution is -0.0967. The molecule has 0 amide bonds. The molecule has 0 radical (unpaired) electrons. The van der Waals surface area contributed by atoms with Gasteiger partial charge < -0.3 is 9.47 Å². The summed E-state index contributed by atoms with van der Waals surface area (Å²) in [5.74, 6) is 0.464. The fraction of sp³-hybridized carbons (Fsp3) is 0.700. The van der Waals surface area contributed by atoms with E-state index in [4.69, 9.17) is 9.47 Å². The van der Waals surface area contributed by atoms with Crippen LogP contribution in [0.5, 0.6) is 0 Å². The quantitative estimate of drug-likeness (QED) is 0.739. The van der Waals surface area contributed by atoms with Gasteiger partial charge in [-0.15, -0.1) is 0 Å². The molecular weight excluding hydrogens is 364 g/mol. The first kappa shape index (κ1) is 20.7. The molecule has 1 aromatic carbocycles. The molecule has 0 aliphatic carbocycles. The molecule has 2 aliphatic heterocycles. The van der Waals surface area contributed by atoms with Crippen LogP contribution in [-0.2, 0) is 26.0 Å². The van der Waals surface area contributed by atoms with E-state index in [2.05, 4.69) is 18.7 Å². The highest BCUT2D eigenvalue weighted by Gasteiger charge is 2.38. The van der Waals surface area contributed by atoms with Crippen molar-refractivity contribution in [2.45, 2.75) is 43.7 Å². The Hall–Kier alpha value is -0.990. The first-order chi connectivity index (χ1) is 12.9.